The first-order chi connectivity index (χ1) is 10.8. The molecule has 124 valence electrons. The fourth-order valence-electron chi connectivity index (χ4n) is 2.91. The lowest BCUT2D eigenvalue weighted by atomic mass is 10.1. The summed E-state index contributed by atoms with van der Waals surface area (Å²) in [6.07, 6.45) is 6.23. The van der Waals surface area contributed by atoms with Crippen molar-refractivity contribution in [2.75, 3.05) is 19.3 Å². The second kappa shape index (κ2) is 5.93. The van der Waals surface area contributed by atoms with Crippen LogP contribution in [-0.2, 0) is 10.0 Å². The molecule has 1 saturated heterocycles. The van der Waals surface area contributed by atoms with Crippen LogP contribution < -0.4 is 4.72 Å². The van der Waals surface area contributed by atoms with Crippen molar-refractivity contribution in [3.05, 3.63) is 35.8 Å². The van der Waals surface area contributed by atoms with Crippen LogP contribution in [0.3, 0.4) is 0 Å². The highest BCUT2D eigenvalue weighted by Gasteiger charge is 2.27. The van der Waals surface area contributed by atoms with E-state index in [1.165, 1.54) is 0 Å². The average Bonchev–Trinajstić information content (AvgIpc) is 2.88. The van der Waals surface area contributed by atoms with Crippen molar-refractivity contribution < 1.29 is 13.2 Å². The van der Waals surface area contributed by atoms with Gasteiger partial charge in [-0.2, -0.15) is 0 Å². The van der Waals surface area contributed by atoms with Gasteiger partial charge in [-0.05, 0) is 37.5 Å². The van der Waals surface area contributed by atoms with Crippen LogP contribution in [0.25, 0.3) is 5.65 Å². The molecule has 0 radical (unpaired) electrons. The van der Waals surface area contributed by atoms with Crippen molar-refractivity contribution in [2.45, 2.75) is 25.8 Å². The van der Waals surface area contributed by atoms with Gasteiger partial charge in [0.2, 0.25) is 10.0 Å². The number of aromatic nitrogens is 2. The molecule has 0 bridgehead atoms. The second-order valence-corrected chi connectivity index (χ2v) is 7.86. The quantitative estimate of drug-likeness (QED) is 0.898. The van der Waals surface area contributed by atoms with Gasteiger partial charge in [0, 0.05) is 31.5 Å². The number of nitrogens with one attached hydrogen (secondary N) is 1. The van der Waals surface area contributed by atoms with Crippen molar-refractivity contribution in [3.8, 4) is 0 Å². The Morgan fingerprint density at radius 2 is 2.22 bits per heavy atom. The van der Waals surface area contributed by atoms with E-state index in [0.717, 1.165) is 30.3 Å². The molecule has 0 unspecified atom stereocenters. The highest BCUT2D eigenvalue weighted by Crippen LogP contribution is 2.15. The number of amides is 1. The minimum Gasteiger partial charge on any atom is -0.336 e. The Hall–Kier alpha value is -1.93. The molecule has 3 heterocycles. The molecule has 23 heavy (non-hydrogen) atoms. The van der Waals surface area contributed by atoms with Crippen LogP contribution >= 0.6 is 0 Å². The van der Waals surface area contributed by atoms with Gasteiger partial charge >= 0.3 is 0 Å². The van der Waals surface area contributed by atoms with Gasteiger partial charge in [-0.1, -0.05) is 0 Å². The van der Waals surface area contributed by atoms with E-state index in [0.29, 0.717) is 18.8 Å². The number of hydrogen-bond donors (Lipinski definition) is 1. The fourth-order valence-corrected chi connectivity index (χ4v) is 3.71. The molecule has 0 saturated carbocycles. The molecule has 1 fully saturated rings. The molecule has 1 N–H and O–H groups in total. The smallest absolute Gasteiger partial charge is 0.274 e. The highest BCUT2D eigenvalue weighted by molar-refractivity contribution is 7.88. The number of hydrogen-bond acceptors (Lipinski definition) is 4. The summed E-state index contributed by atoms with van der Waals surface area (Å²) in [7, 11) is -3.27. The normalized spacial score (nSPS) is 19.2. The molecular weight excluding hydrogens is 316 g/mol. The Kier molecular flexibility index (Phi) is 4.11. The lowest BCUT2D eigenvalue weighted by molar-refractivity contribution is 0.0698. The molecule has 0 aromatic carbocycles. The lowest BCUT2D eigenvalue weighted by Crippen LogP contribution is -2.49. The minimum absolute atomic E-state index is 0.161. The van der Waals surface area contributed by atoms with Crippen LogP contribution in [0.15, 0.2) is 24.5 Å². The van der Waals surface area contributed by atoms with E-state index in [4.69, 9.17) is 0 Å². The number of rotatable bonds is 3. The number of carbonyl (C=O) groups is 1. The third-order valence-corrected chi connectivity index (χ3v) is 4.69. The number of likely N-dealkylation sites (tertiary alicyclic amines) is 1. The number of imidazole rings is 1. The van der Waals surface area contributed by atoms with Gasteiger partial charge in [0.1, 0.15) is 11.3 Å². The number of nitrogens with zero attached hydrogens (tertiary/aromatic N) is 3. The number of fused-ring (bicyclic) bond motifs is 1. The second-order valence-electron chi connectivity index (χ2n) is 6.08. The van der Waals surface area contributed by atoms with Gasteiger partial charge in [0.15, 0.2) is 0 Å². The van der Waals surface area contributed by atoms with E-state index in [9.17, 15) is 13.2 Å². The molecule has 8 heteroatoms. The molecular formula is C15H20N4O3S. The zero-order valence-corrected chi connectivity index (χ0v) is 14.0. The molecule has 1 aliphatic heterocycles. The molecule has 3 rings (SSSR count). The number of sulfonamides is 1. The molecule has 2 aromatic heterocycles. The topological polar surface area (TPSA) is 83.8 Å². The molecule has 2 aromatic rings. The van der Waals surface area contributed by atoms with E-state index in [-0.39, 0.29) is 11.9 Å². The van der Waals surface area contributed by atoms with Gasteiger partial charge in [-0.25, -0.2) is 18.1 Å². The third-order valence-electron chi connectivity index (χ3n) is 3.92. The van der Waals surface area contributed by atoms with Crippen LogP contribution in [0, 0.1) is 6.92 Å². The highest BCUT2D eigenvalue weighted by atomic mass is 32.2. The summed E-state index contributed by atoms with van der Waals surface area (Å²) in [5, 5.41) is 0. The Labute approximate surface area is 135 Å². The van der Waals surface area contributed by atoms with Crippen molar-refractivity contribution >= 4 is 21.6 Å². The standard InChI is InChI=1S/C15H20N4O3S/c1-11-5-7-18-10-13(16-14(18)8-11)15(20)19-6-3-4-12(9-19)17-23(2,21)22/h5,7-8,10,12,17H,3-4,6,9H2,1-2H3/t12-/m1/s1. The SMILES string of the molecule is Cc1ccn2cc(C(=O)N3CCC[C@@H](NS(C)(=O)=O)C3)nc2c1. The van der Waals surface area contributed by atoms with Crippen LogP contribution in [0.2, 0.25) is 0 Å². The zero-order chi connectivity index (χ0) is 16.6. The van der Waals surface area contributed by atoms with Gasteiger partial charge in [-0.15, -0.1) is 0 Å². The first kappa shape index (κ1) is 15.9. The van der Waals surface area contributed by atoms with Crippen molar-refractivity contribution in [2.24, 2.45) is 0 Å². The van der Waals surface area contributed by atoms with Crippen LogP contribution in [0.4, 0.5) is 0 Å². The minimum atomic E-state index is -3.27. The van der Waals surface area contributed by atoms with Crippen LogP contribution in [-0.4, -0.2) is 54.0 Å². The summed E-state index contributed by atoms with van der Waals surface area (Å²) < 4.78 is 27.1. The number of aryl methyl sites for hydroxylation is 1. The largest absolute Gasteiger partial charge is 0.336 e. The predicted octanol–water partition coefficient (Wildman–Crippen LogP) is 0.797. The van der Waals surface area contributed by atoms with E-state index < -0.39 is 10.0 Å². The first-order valence-electron chi connectivity index (χ1n) is 7.54. The number of pyridine rings is 1. The summed E-state index contributed by atoms with van der Waals surface area (Å²) in [6, 6.07) is 3.64. The summed E-state index contributed by atoms with van der Waals surface area (Å²) >= 11 is 0. The maximum absolute atomic E-state index is 12.6. The molecule has 0 aliphatic carbocycles. The summed E-state index contributed by atoms with van der Waals surface area (Å²) in [5.74, 6) is -0.161. The van der Waals surface area contributed by atoms with Gasteiger partial charge in [0.05, 0.1) is 6.26 Å². The predicted molar refractivity (Wildman–Crippen MR) is 86.8 cm³/mol. The average molecular weight is 336 g/mol. The Morgan fingerprint density at radius 1 is 1.43 bits per heavy atom. The van der Waals surface area contributed by atoms with E-state index in [1.54, 1.807) is 11.1 Å². The maximum atomic E-state index is 12.6. The summed E-state index contributed by atoms with van der Waals surface area (Å²) in [5.41, 5.74) is 2.20. The van der Waals surface area contributed by atoms with Crippen molar-refractivity contribution in [1.82, 2.24) is 19.0 Å². The Morgan fingerprint density at radius 3 is 2.96 bits per heavy atom. The van der Waals surface area contributed by atoms with Crippen molar-refractivity contribution in [3.63, 3.8) is 0 Å². The third kappa shape index (κ3) is 3.70. The molecule has 7 nitrogen and oxygen atoms in total. The van der Waals surface area contributed by atoms with Crippen LogP contribution in [0.5, 0.6) is 0 Å². The van der Waals surface area contributed by atoms with Crippen molar-refractivity contribution in [1.29, 1.82) is 0 Å². The number of piperidine rings is 1. The first-order valence-corrected chi connectivity index (χ1v) is 9.43. The molecule has 0 spiro atoms. The molecule has 1 atom stereocenters. The number of carbonyl (C=O) groups excluding carboxylic acids is 1. The Bertz CT molecular complexity index is 844. The van der Waals surface area contributed by atoms with Gasteiger partial charge in [0.25, 0.3) is 5.91 Å². The maximum Gasteiger partial charge on any atom is 0.274 e. The molecule has 1 amide bonds. The zero-order valence-electron chi connectivity index (χ0n) is 13.2. The summed E-state index contributed by atoms with van der Waals surface area (Å²) in [4.78, 5) is 18.7. The van der Waals surface area contributed by atoms with Crippen LogP contribution in [0.1, 0.15) is 28.9 Å². The monoisotopic (exact) mass is 336 g/mol. The van der Waals surface area contributed by atoms with Gasteiger partial charge in [-0.3, -0.25) is 4.79 Å². The lowest BCUT2D eigenvalue weighted by Gasteiger charge is -2.32. The van der Waals surface area contributed by atoms with Gasteiger partial charge < -0.3 is 9.30 Å². The van der Waals surface area contributed by atoms with E-state index in [2.05, 4.69) is 9.71 Å². The Balaban J connectivity index is 1.78. The van der Waals surface area contributed by atoms with E-state index in [1.807, 2.05) is 29.7 Å². The summed E-state index contributed by atoms with van der Waals surface area (Å²) in [6.45, 7) is 2.97. The fraction of sp³-hybridized carbons (Fsp3) is 0.467. The van der Waals surface area contributed by atoms with E-state index >= 15 is 0 Å². The molecule has 1 aliphatic rings.